The number of rotatable bonds is 8. The number of nitrogens with one attached hydrogen (secondary N) is 1. The lowest BCUT2D eigenvalue weighted by atomic mass is 9.88. The van der Waals surface area contributed by atoms with Crippen LogP contribution in [0.4, 0.5) is 0 Å². The van der Waals surface area contributed by atoms with E-state index in [1.54, 1.807) is 6.07 Å². The summed E-state index contributed by atoms with van der Waals surface area (Å²) in [5.74, 6) is 0. The molecule has 0 fully saturated rings. The van der Waals surface area contributed by atoms with E-state index >= 15 is 0 Å². The van der Waals surface area contributed by atoms with Crippen LogP contribution in [0.1, 0.15) is 38.5 Å². The molecule has 0 spiro atoms. The second-order valence-corrected chi connectivity index (χ2v) is 8.55. The fourth-order valence-corrected chi connectivity index (χ4v) is 4.28. The van der Waals surface area contributed by atoms with Gasteiger partial charge in [0.2, 0.25) is 10.0 Å². The van der Waals surface area contributed by atoms with Gasteiger partial charge in [-0.2, -0.15) is 0 Å². The number of hydrogen-bond donors (Lipinski definition) is 2. The first-order valence-corrected chi connectivity index (χ1v) is 8.80. The minimum Gasteiger partial charge on any atom is -0.396 e. The van der Waals surface area contributed by atoms with Gasteiger partial charge in [-0.3, -0.25) is 0 Å². The van der Waals surface area contributed by atoms with E-state index in [4.69, 9.17) is 5.11 Å². The summed E-state index contributed by atoms with van der Waals surface area (Å²) in [4.78, 5) is 1.07. The Labute approximate surface area is 119 Å². The first kappa shape index (κ1) is 16.6. The lowest BCUT2D eigenvalue weighted by molar-refractivity contribution is 0.242. The number of aliphatic hydroxyl groups is 1. The van der Waals surface area contributed by atoms with Gasteiger partial charge in [-0.25, -0.2) is 13.1 Å². The van der Waals surface area contributed by atoms with Crippen molar-refractivity contribution in [1.29, 1.82) is 0 Å². The largest absolute Gasteiger partial charge is 0.396 e. The van der Waals surface area contributed by atoms with Gasteiger partial charge in [-0.15, -0.1) is 11.3 Å². The number of aryl methyl sites for hydroxylation is 1. The molecule has 0 radical (unpaired) electrons. The molecular formula is C13H23NO3S2. The van der Waals surface area contributed by atoms with Crippen LogP contribution in [0, 0.1) is 5.41 Å². The van der Waals surface area contributed by atoms with Crippen LogP contribution in [0.25, 0.3) is 0 Å². The van der Waals surface area contributed by atoms with Gasteiger partial charge in [0.1, 0.15) is 4.21 Å². The monoisotopic (exact) mass is 305 g/mol. The summed E-state index contributed by atoms with van der Waals surface area (Å²) in [6, 6.07) is 3.52. The quantitative estimate of drug-likeness (QED) is 0.775. The molecule has 0 aliphatic carbocycles. The molecule has 0 amide bonds. The van der Waals surface area contributed by atoms with Gasteiger partial charge in [0.05, 0.1) is 0 Å². The fraction of sp³-hybridized carbons (Fsp3) is 0.692. The predicted octanol–water partition coefficient (Wildman–Crippen LogP) is 2.39. The van der Waals surface area contributed by atoms with Crippen LogP contribution < -0.4 is 4.72 Å². The Morgan fingerprint density at radius 1 is 1.37 bits per heavy atom. The normalized spacial score (nSPS) is 12.8. The van der Waals surface area contributed by atoms with Crippen molar-refractivity contribution < 1.29 is 13.5 Å². The van der Waals surface area contributed by atoms with Crippen molar-refractivity contribution in [2.75, 3.05) is 13.2 Å². The smallest absolute Gasteiger partial charge is 0.250 e. The predicted molar refractivity (Wildman–Crippen MR) is 79.0 cm³/mol. The Balaban J connectivity index is 2.65. The zero-order chi connectivity index (χ0) is 14.5. The molecule has 0 bridgehead atoms. The van der Waals surface area contributed by atoms with Crippen LogP contribution in [0.15, 0.2) is 16.3 Å². The SMILES string of the molecule is CCc1ccc(S(=O)(=O)NCC(C)(C)CCCO)s1. The third-order valence-electron chi connectivity index (χ3n) is 3.00. The molecule has 0 aromatic carbocycles. The Kier molecular flexibility index (Phi) is 5.98. The van der Waals surface area contributed by atoms with Gasteiger partial charge in [0, 0.05) is 18.0 Å². The van der Waals surface area contributed by atoms with Crippen molar-refractivity contribution >= 4 is 21.4 Å². The molecule has 0 aliphatic heterocycles. The summed E-state index contributed by atoms with van der Waals surface area (Å²) in [6.45, 7) is 6.53. The van der Waals surface area contributed by atoms with Crippen LogP contribution in [0.2, 0.25) is 0 Å². The Morgan fingerprint density at radius 3 is 2.58 bits per heavy atom. The van der Waals surface area contributed by atoms with E-state index in [9.17, 15) is 8.42 Å². The van der Waals surface area contributed by atoms with Gasteiger partial charge < -0.3 is 5.11 Å². The average Bonchev–Trinajstić information content (AvgIpc) is 2.84. The molecule has 4 nitrogen and oxygen atoms in total. The van der Waals surface area contributed by atoms with Gasteiger partial charge in [0.15, 0.2) is 0 Å². The lowest BCUT2D eigenvalue weighted by Crippen LogP contribution is -2.33. The maximum absolute atomic E-state index is 12.1. The van der Waals surface area contributed by atoms with Crippen molar-refractivity contribution in [3.05, 3.63) is 17.0 Å². The molecule has 2 N–H and O–H groups in total. The second kappa shape index (κ2) is 6.83. The molecule has 0 saturated carbocycles. The summed E-state index contributed by atoms with van der Waals surface area (Å²) in [5, 5.41) is 8.83. The van der Waals surface area contributed by atoms with Crippen LogP contribution >= 0.6 is 11.3 Å². The topological polar surface area (TPSA) is 66.4 Å². The molecule has 110 valence electrons. The number of sulfonamides is 1. The summed E-state index contributed by atoms with van der Waals surface area (Å²) >= 11 is 1.32. The summed E-state index contributed by atoms with van der Waals surface area (Å²) in [5.41, 5.74) is -0.152. The van der Waals surface area contributed by atoms with E-state index in [0.717, 1.165) is 17.7 Å². The standard InChI is InChI=1S/C13H23NO3S2/c1-4-11-6-7-12(18-11)19(16,17)14-10-13(2,3)8-5-9-15/h6-7,14-15H,4-5,8-10H2,1-3H3. The molecule has 0 unspecified atom stereocenters. The van der Waals surface area contributed by atoms with Gasteiger partial charge in [-0.1, -0.05) is 20.8 Å². The highest BCUT2D eigenvalue weighted by molar-refractivity contribution is 7.91. The molecule has 6 heteroatoms. The lowest BCUT2D eigenvalue weighted by Gasteiger charge is -2.24. The minimum atomic E-state index is -3.40. The van der Waals surface area contributed by atoms with E-state index in [2.05, 4.69) is 4.72 Å². The maximum Gasteiger partial charge on any atom is 0.250 e. The van der Waals surface area contributed by atoms with Gasteiger partial charge in [-0.05, 0) is 36.8 Å². The summed E-state index contributed by atoms with van der Waals surface area (Å²) < 4.78 is 27.3. The molecule has 0 saturated heterocycles. The number of hydrogen-bond acceptors (Lipinski definition) is 4. The van der Waals surface area contributed by atoms with E-state index in [1.165, 1.54) is 11.3 Å². The molecule has 0 aliphatic rings. The molecular weight excluding hydrogens is 282 g/mol. The highest BCUT2D eigenvalue weighted by atomic mass is 32.2. The molecule has 19 heavy (non-hydrogen) atoms. The maximum atomic E-state index is 12.1. The van der Waals surface area contributed by atoms with Crippen molar-refractivity contribution in [2.24, 2.45) is 5.41 Å². The Bertz CT molecular complexity index is 492. The van der Waals surface area contributed by atoms with Crippen molar-refractivity contribution in [3.63, 3.8) is 0 Å². The van der Waals surface area contributed by atoms with Gasteiger partial charge in [0.25, 0.3) is 0 Å². The van der Waals surface area contributed by atoms with Crippen LogP contribution in [0.5, 0.6) is 0 Å². The number of aliphatic hydroxyl groups excluding tert-OH is 1. The molecule has 1 aromatic rings. The third kappa shape index (κ3) is 5.22. The molecule has 1 aromatic heterocycles. The van der Waals surface area contributed by atoms with Crippen LogP contribution in [-0.4, -0.2) is 26.7 Å². The van der Waals surface area contributed by atoms with E-state index in [0.29, 0.717) is 17.2 Å². The Morgan fingerprint density at radius 2 is 2.05 bits per heavy atom. The first-order valence-electron chi connectivity index (χ1n) is 6.50. The van der Waals surface area contributed by atoms with E-state index in [-0.39, 0.29) is 12.0 Å². The van der Waals surface area contributed by atoms with Crippen LogP contribution in [-0.2, 0) is 16.4 Å². The first-order chi connectivity index (χ1) is 8.80. The summed E-state index contributed by atoms with van der Waals surface area (Å²) in [6.07, 6.45) is 2.33. The van der Waals surface area contributed by atoms with Crippen molar-refractivity contribution in [1.82, 2.24) is 4.72 Å². The fourth-order valence-electron chi connectivity index (χ4n) is 1.70. The second-order valence-electron chi connectivity index (χ2n) is 5.39. The zero-order valence-electron chi connectivity index (χ0n) is 11.8. The van der Waals surface area contributed by atoms with Crippen molar-refractivity contribution in [3.8, 4) is 0 Å². The minimum absolute atomic E-state index is 0.140. The molecule has 1 heterocycles. The Hall–Kier alpha value is -0.430. The van der Waals surface area contributed by atoms with E-state index in [1.807, 2.05) is 26.8 Å². The van der Waals surface area contributed by atoms with Gasteiger partial charge >= 0.3 is 0 Å². The highest BCUT2D eigenvalue weighted by Gasteiger charge is 2.23. The van der Waals surface area contributed by atoms with Crippen LogP contribution in [0.3, 0.4) is 0 Å². The third-order valence-corrected chi connectivity index (χ3v) is 6.13. The average molecular weight is 305 g/mol. The molecule has 0 atom stereocenters. The zero-order valence-corrected chi connectivity index (χ0v) is 13.4. The van der Waals surface area contributed by atoms with Crippen molar-refractivity contribution in [2.45, 2.75) is 44.2 Å². The van der Waals surface area contributed by atoms with E-state index < -0.39 is 10.0 Å². The highest BCUT2D eigenvalue weighted by Crippen LogP contribution is 2.24. The number of thiophene rings is 1. The summed E-state index contributed by atoms with van der Waals surface area (Å²) in [7, 11) is -3.40. The molecule has 1 rings (SSSR count).